The molecule has 1 heterocycles. The Kier molecular flexibility index (Phi) is 5.94. The van der Waals surface area contributed by atoms with Crippen LogP contribution in [0.15, 0.2) is 60.7 Å². The first kappa shape index (κ1) is 19.5. The van der Waals surface area contributed by atoms with E-state index in [2.05, 4.69) is 0 Å². The minimum atomic E-state index is -3.72. The maximum Gasteiger partial charge on any atom is 0.243 e. The lowest BCUT2D eigenvalue weighted by Crippen LogP contribution is -2.50. The predicted octanol–water partition coefficient (Wildman–Crippen LogP) is 1.61. The van der Waals surface area contributed by atoms with Crippen LogP contribution in [0.25, 0.3) is 0 Å². The number of aliphatic hydroxyl groups is 1. The SMILES string of the molecule is CN(Cc1ccccc1)C(=O)[C@@H]1C(O)CCN1S(=O)(=O)Cc1ccccc1. The van der Waals surface area contributed by atoms with Gasteiger partial charge in [-0.1, -0.05) is 60.7 Å². The molecule has 1 unspecified atom stereocenters. The zero-order chi connectivity index (χ0) is 19.4. The summed E-state index contributed by atoms with van der Waals surface area (Å²) in [5.74, 6) is -0.576. The van der Waals surface area contributed by atoms with Crippen molar-refractivity contribution in [2.45, 2.75) is 30.9 Å². The van der Waals surface area contributed by atoms with Gasteiger partial charge in [0, 0.05) is 20.1 Å². The Morgan fingerprint density at radius 1 is 1.07 bits per heavy atom. The van der Waals surface area contributed by atoms with Gasteiger partial charge in [0.15, 0.2) is 0 Å². The predicted molar refractivity (Wildman–Crippen MR) is 103 cm³/mol. The Balaban J connectivity index is 1.77. The first-order valence-corrected chi connectivity index (χ1v) is 10.5. The highest BCUT2D eigenvalue weighted by Crippen LogP contribution is 2.26. The van der Waals surface area contributed by atoms with Gasteiger partial charge in [-0.3, -0.25) is 4.79 Å². The zero-order valence-electron chi connectivity index (χ0n) is 15.2. The molecule has 0 aliphatic carbocycles. The molecule has 1 aliphatic heterocycles. The van der Waals surface area contributed by atoms with E-state index in [4.69, 9.17) is 0 Å². The molecule has 1 N–H and O–H groups in total. The fraction of sp³-hybridized carbons (Fsp3) is 0.350. The highest BCUT2D eigenvalue weighted by Gasteiger charge is 2.45. The molecule has 3 rings (SSSR count). The Morgan fingerprint density at radius 2 is 1.63 bits per heavy atom. The third-order valence-corrected chi connectivity index (χ3v) is 6.58. The van der Waals surface area contributed by atoms with E-state index in [1.807, 2.05) is 36.4 Å². The van der Waals surface area contributed by atoms with Gasteiger partial charge in [-0.15, -0.1) is 0 Å². The summed E-state index contributed by atoms with van der Waals surface area (Å²) in [5, 5.41) is 10.3. The normalized spacial score (nSPS) is 20.5. The minimum Gasteiger partial charge on any atom is -0.391 e. The second-order valence-corrected chi connectivity index (χ2v) is 8.75. The van der Waals surface area contributed by atoms with Crippen molar-refractivity contribution in [1.29, 1.82) is 0 Å². The molecular weight excluding hydrogens is 364 g/mol. The lowest BCUT2D eigenvalue weighted by Gasteiger charge is -2.29. The number of benzene rings is 2. The summed E-state index contributed by atoms with van der Waals surface area (Å²) < 4.78 is 26.9. The van der Waals surface area contributed by atoms with Crippen molar-refractivity contribution in [2.24, 2.45) is 0 Å². The Hall–Kier alpha value is -2.22. The second-order valence-electron chi connectivity index (χ2n) is 6.83. The maximum atomic E-state index is 12.9. The molecule has 2 atom stereocenters. The molecule has 0 radical (unpaired) electrons. The van der Waals surface area contributed by atoms with E-state index >= 15 is 0 Å². The minimum absolute atomic E-state index is 0.145. The molecule has 0 bridgehead atoms. The lowest BCUT2D eigenvalue weighted by atomic mass is 10.1. The van der Waals surface area contributed by atoms with Crippen LogP contribution in [0.2, 0.25) is 0 Å². The number of likely N-dealkylation sites (N-methyl/N-ethyl adjacent to an activating group) is 1. The highest BCUT2D eigenvalue weighted by atomic mass is 32.2. The molecule has 7 heteroatoms. The number of hydrogen-bond acceptors (Lipinski definition) is 4. The van der Waals surface area contributed by atoms with Crippen LogP contribution in [0.4, 0.5) is 0 Å². The summed E-state index contributed by atoms with van der Waals surface area (Å²) in [6.07, 6.45) is -0.745. The van der Waals surface area contributed by atoms with E-state index in [0.29, 0.717) is 12.1 Å². The molecular formula is C20H24N2O4S. The van der Waals surface area contributed by atoms with Gasteiger partial charge in [-0.2, -0.15) is 4.31 Å². The molecule has 0 spiro atoms. The average molecular weight is 388 g/mol. The van der Waals surface area contributed by atoms with Crippen molar-refractivity contribution < 1.29 is 18.3 Å². The fourth-order valence-electron chi connectivity index (χ4n) is 3.38. The summed E-state index contributed by atoms with van der Waals surface area (Å²) in [5.41, 5.74) is 1.60. The third-order valence-electron chi connectivity index (χ3n) is 4.76. The molecule has 27 heavy (non-hydrogen) atoms. The first-order valence-electron chi connectivity index (χ1n) is 8.89. The van der Waals surface area contributed by atoms with Gasteiger partial charge < -0.3 is 10.0 Å². The van der Waals surface area contributed by atoms with Gasteiger partial charge in [-0.25, -0.2) is 8.42 Å². The molecule has 6 nitrogen and oxygen atoms in total. The number of rotatable bonds is 6. The van der Waals surface area contributed by atoms with Crippen molar-refractivity contribution in [3.63, 3.8) is 0 Å². The van der Waals surface area contributed by atoms with Crippen LogP contribution in [0.5, 0.6) is 0 Å². The van der Waals surface area contributed by atoms with Crippen LogP contribution in [-0.4, -0.2) is 54.4 Å². The van der Waals surface area contributed by atoms with Crippen LogP contribution in [0, 0.1) is 0 Å². The molecule has 1 saturated heterocycles. The van der Waals surface area contributed by atoms with E-state index in [9.17, 15) is 18.3 Å². The first-order chi connectivity index (χ1) is 12.9. The van der Waals surface area contributed by atoms with E-state index in [1.54, 1.807) is 31.3 Å². The molecule has 144 valence electrons. The third kappa shape index (κ3) is 4.55. The van der Waals surface area contributed by atoms with Crippen molar-refractivity contribution >= 4 is 15.9 Å². The summed E-state index contributed by atoms with van der Waals surface area (Å²) in [6.45, 7) is 0.501. The maximum absolute atomic E-state index is 12.9. The van der Waals surface area contributed by atoms with E-state index in [-0.39, 0.29) is 24.6 Å². The van der Waals surface area contributed by atoms with E-state index in [0.717, 1.165) is 9.87 Å². The second kappa shape index (κ2) is 8.21. The number of hydrogen-bond donors (Lipinski definition) is 1. The van der Waals surface area contributed by atoms with Gasteiger partial charge in [-0.05, 0) is 17.5 Å². The molecule has 2 aromatic rings. The Morgan fingerprint density at radius 3 is 2.22 bits per heavy atom. The lowest BCUT2D eigenvalue weighted by molar-refractivity contribution is -0.136. The largest absolute Gasteiger partial charge is 0.391 e. The number of carbonyl (C=O) groups excluding carboxylic acids is 1. The number of carbonyl (C=O) groups is 1. The molecule has 0 aromatic heterocycles. The average Bonchev–Trinajstić information content (AvgIpc) is 3.05. The number of amides is 1. The molecule has 2 aromatic carbocycles. The van der Waals surface area contributed by atoms with Crippen LogP contribution in [0.1, 0.15) is 17.5 Å². The molecule has 0 saturated carbocycles. The van der Waals surface area contributed by atoms with Crippen molar-refractivity contribution in [3.05, 3.63) is 71.8 Å². The highest BCUT2D eigenvalue weighted by molar-refractivity contribution is 7.88. The van der Waals surface area contributed by atoms with Gasteiger partial charge in [0.05, 0.1) is 11.9 Å². The van der Waals surface area contributed by atoms with Crippen molar-refractivity contribution in [3.8, 4) is 0 Å². The van der Waals surface area contributed by atoms with E-state index in [1.165, 1.54) is 4.90 Å². The number of aliphatic hydroxyl groups excluding tert-OH is 1. The van der Waals surface area contributed by atoms with E-state index < -0.39 is 22.2 Å². The fourth-order valence-corrected chi connectivity index (χ4v) is 5.12. The molecule has 1 fully saturated rings. The number of sulfonamides is 1. The van der Waals surface area contributed by atoms with Crippen LogP contribution < -0.4 is 0 Å². The van der Waals surface area contributed by atoms with Crippen molar-refractivity contribution in [2.75, 3.05) is 13.6 Å². The monoisotopic (exact) mass is 388 g/mol. The quantitative estimate of drug-likeness (QED) is 0.816. The summed E-state index contributed by atoms with van der Waals surface area (Å²) in [4.78, 5) is 14.4. The Bertz CT molecular complexity index is 871. The smallest absolute Gasteiger partial charge is 0.243 e. The number of nitrogens with zero attached hydrogens (tertiary/aromatic N) is 2. The molecule has 1 amide bonds. The van der Waals surface area contributed by atoms with Gasteiger partial charge >= 0.3 is 0 Å². The Labute approximate surface area is 160 Å². The summed E-state index contributed by atoms with van der Waals surface area (Å²) in [6, 6.07) is 17.2. The summed E-state index contributed by atoms with van der Waals surface area (Å²) in [7, 11) is -2.09. The molecule has 1 aliphatic rings. The van der Waals surface area contributed by atoms with Crippen LogP contribution in [0.3, 0.4) is 0 Å². The topological polar surface area (TPSA) is 77.9 Å². The van der Waals surface area contributed by atoms with Gasteiger partial charge in [0.1, 0.15) is 6.04 Å². The van der Waals surface area contributed by atoms with Crippen LogP contribution >= 0.6 is 0 Å². The standard InChI is InChI=1S/C20H24N2O4S/c1-21(14-16-8-4-2-5-9-16)20(24)19-18(23)12-13-22(19)27(25,26)15-17-10-6-3-7-11-17/h2-11,18-19,23H,12-15H2,1H3/t18?,19-/m0/s1. The van der Waals surface area contributed by atoms with Gasteiger partial charge in [0.25, 0.3) is 0 Å². The zero-order valence-corrected chi connectivity index (χ0v) is 16.0. The van der Waals surface area contributed by atoms with Crippen LogP contribution in [-0.2, 0) is 27.1 Å². The van der Waals surface area contributed by atoms with Gasteiger partial charge in [0.2, 0.25) is 15.9 Å². The summed E-state index contributed by atoms with van der Waals surface area (Å²) >= 11 is 0. The van der Waals surface area contributed by atoms with Crippen molar-refractivity contribution in [1.82, 2.24) is 9.21 Å².